The van der Waals surface area contributed by atoms with Gasteiger partial charge >= 0.3 is 6.09 Å². The number of nitrogens with one attached hydrogen (secondary N) is 1. The molecule has 0 aliphatic carbocycles. The fourth-order valence-corrected chi connectivity index (χ4v) is 3.59. The minimum atomic E-state index is -0.472. The Kier molecular flexibility index (Phi) is 7.54. The highest BCUT2D eigenvalue weighted by Gasteiger charge is 2.25. The van der Waals surface area contributed by atoms with Crippen molar-refractivity contribution in [3.05, 3.63) is 54.1 Å². The Bertz CT molecular complexity index is 896. The molecule has 0 saturated carbocycles. The van der Waals surface area contributed by atoms with E-state index in [9.17, 15) is 4.79 Å². The molecule has 6 nitrogen and oxygen atoms in total. The summed E-state index contributed by atoms with van der Waals surface area (Å²) in [4.78, 5) is 14.2. The smallest absolute Gasteiger partial charge is 0.407 e. The van der Waals surface area contributed by atoms with Gasteiger partial charge in [-0.2, -0.15) is 5.26 Å². The number of carbonyl (C=O) groups excluding carboxylic acids is 1. The number of alkyl carbamates (subject to hydrolysis) is 1. The van der Waals surface area contributed by atoms with Gasteiger partial charge in [-0.1, -0.05) is 24.3 Å². The van der Waals surface area contributed by atoms with Crippen LogP contribution in [0.25, 0.3) is 11.1 Å². The Morgan fingerprint density at radius 1 is 1.13 bits per heavy atom. The number of amides is 1. The highest BCUT2D eigenvalue weighted by atomic mass is 16.6. The van der Waals surface area contributed by atoms with Crippen molar-refractivity contribution in [3.8, 4) is 22.9 Å². The van der Waals surface area contributed by atoms with E-state index in [2.05, 4.69) is 16.3 Å². The third-order valence-corrected chi connectivity index (χ3v) is 5.08. The predicted octanol–water partition coefficient (Wildman–Crippen LogP) is 4.59. The Hall–Kier alpha value is -3.04. The number of carbonyl (C=O) groups is 1. The lowest BCUT2D eigenvalue weighted by atomic mass is 10.0. The van der Waals surface area contributed by atoms with Crippen molar-refractivity contribution in [2.24, 2.45) is 0 Å². The second-order valence-electron chi connectivity index (χ2n) is 8.85. The standard InChI is InChI=1S/C25H31N3O3/c1-25(2,3)31-24(29)27-22-13-15-28(18-22)14-4-16-30-23-11-9-21(10-12-23)20-7-5-19(17-26)6-8-20/h5-12,22H,4,13-16,18H2,1-3H3,(H,27,29)/t22-/m1/s1. The van der Waals surface area contributed by atoms with Gasteiger partial charge in [-0.25, -0.2) is 4.79 Å². The van der Waals surface area contributed by atoms with Gasteiger partial charge in [0.1, 0.15) is 11.4 Å². The maximum Gasteiger partial charge on any atom is 0.407 e. The Labute approximate surface area is 184 Å². The molecule has 2 aromatic carbocycles. The van der Waals surface area contributed by atoms with Crippen LogP contribution < -0.4 is 10.1 Å². The maximum atomic E-state index is 11.9. The third-order valence-electron chi connectivity index (χ3n) is 5.08. The van der Waals surface area contributed by atoms with Crippen molar-refractivity contribution >= 4 is 6.09 Å². The maximum absolute atomic E-state index is 11.9. The molecule has 31 heavy (non-hydrogen) atoms. The zero-order valence-corrected chi connectivity index (χ0v) is 18.6. The lowest BCUT2D eigenvalue weighted by Gasteiger charge is -2.22. The first kappa shape index (κ1) is 22.6. The van der Waals surface area contributed by atoms with E-state index in [0.29, 0.717) is 12.2 Å². The summed E-state index contributed by atoms with van der Waals surface area (Å²) in [6.07, 6.45) is 1.53. The molecule has 1 aliphatic heterocycles. The van der Waals surface area contributed by atoms with Crippen molar-refractivity contribution < 1.29 is 14.3 Å². The van der Waals surface area contributed by atoms with Crippen LogP contribution in [-0.2, 0) is 4.74 Å². The third kappa shape index (κ3) is 7.30. The van der Waals surface area contributed by atoms with Gasteiger partial charge in [-0.05, 0) is 69.0 Å². The highest BCUT2D eigenvalue weighted by molar-refractivity contribution is 5.68. The molecule has 0 aromatic heterocycles. The molecule has 164 valence electrons. The second-order valence-corrected chi connectivity index (χ2v) is 8.85. The molecule has 0 spiro atoms. The van der Waals surface area contributed by atoms with Gasteiger partial charge in [0.05, 0.1) is 18.2 Å². The summed E-state index contributed by atoms with van der Waals surface area (Å²) in [5.74, 6) is 0.850. The molecule has 1 fully saturated rings. The van der Waals surface area contributed by atoms with Gasteiger partial charge in [-0.3, -0.25) is 0 Å². The van der Waals surface area contributed by atoms with Crippen LogP contribution in [0.3, 0.4) is 0 Å². The van der Waals surface area contributed by atoms with Crippen molar-refractivity contribution in [2.45, 2.75) is 45.3 Å². The number of hydrogen-bond acceptors (Lipinski definition) is 5. The van der Waals surface area contributed by atoms with Gasteiger partial charge in [0.25, 0.3) is 0 Å². The minimum Gasteiger partial charge on any atom is -0.494 e. The zero-order valence-electron chi connectivity index (χ0n) is 18.6. The molecule has 0 unspecified atom stereocenters. The fraction of sp³-hybridized carbons (Fsp3) is 0.440. The van der Waals surface area contributed by atoms with E-state index < -0.39 is 5.60 Å². The van der Waals surface area contributed by atoms with Crippen LogP contribution in [0.2, 0.25) is 0 Å². The fourth-order valence-electron chi connectivity index (χ4n) is 3.59. The molecule has 1 N–H and O–H groups in total. The average molecular weight is 422 g/mol. The lowest BCUT2D eigenvalue weighted by molar-refractivity contribution is 0.0505. The molecule has 2 aromatic rings. The van der Waals surface area contributed by atoms with E-state index in [4.69, 9.17) is 14.7 Å². The topological polar surface area (TPSA) is 74.6 Å². The Balaban J connectivity index is 1.35. The Morgan fingerprint density at radius 3 is 2.39 bits per heavy atom. The number of likely N-dealkylation sites (tertiary alicyclic amines) is 1. The summed E-state index contributed by atoms with van der Waals surface area (Å²) in [5.41, 5.74) is 2.36. The van der Waals surface area contributed by atoms with Crippen molar-refractivity contribution in [1.29, 1.82) is 5.26 Å². The normalized spacial score (nSPS) is 16.5. The van der Waals surface area contributed by atoms with Crippen LogP contribution in [0.1, 0.15) is 39.2 Å². The first-order chi connectivity index (χ1) is 14.8. The number of ether oxygens (including phenoxy) is 2. The molecule has 0 bridgehead atoms. The minimum absolute atomic E-state index is 0.144. The van der Waals surface area contributed by atoms with Crippen LogP contribution in [0.15, 0.2) is 48.5 Å². The number of nitrogens with zero attached hydrogens (tertiary/aromatic N) is 2. The Morgan fingerprint density at radius 2 is 1.77 bits per heavy atom. The number of hydrogen-bond donors (Lipinski definition) is 1. The molecule has 3 rings (SSSR count). The first-order valence-electron chi connectivity index (χ1n) is 10.8. The first-order valence-corrected chi connectivity index (χ1v) is 10.8. The molecule has 1 aliphatic rings. The summed E-state index contributed by atoms with van der Waals surface area (Å²) in [5, 5.41) is 11.9. The summed E-state index contributed by atoms with van der Waals surface area (Å²) < 4.78 is 11.2. The van der Waals surface area contributed by atoms with Crippen LogP contribution >= 0.6 is 0 Å². The molecule has 1 saturated heterocycles. The molecule has 1 amide bonds. The molecular formula is C25H31N3O3. The van der Waals surface area contributed by atoms with E-state index in [1.807, 2.05) is 69.3 Å². The van der Waals surface area contributed by atoms with E-state index in [1.165, 1.54) is 0 Å². The lowest BCUT2D eigenvalue weighted by Crippen LogP contribution is -2.40. The monoisotopic (exact) mass is 421 g/mol. The number of rotatable bonds is 7. The van der Waals surface area contributed by atoms with Crippen molar-refractivity contribution in [1.82, 2.24) is 10.2 Å². The van der Waals surface area contributed by atoms with Crippen molar-refractivity contribution in [2.75, 3.05) is 26.2 Å². The van der Waals surface area contributed by atoms with E-state index in [1.54, 1.807) is 0 Å². The van der Waals surface area contributed by atoms with E-state index in [-0.39, 0.29) is 12.1 Å². The van der Waals surface area contributed by atoms with Crippen LogP contribution in [0, 0.1) is 11.3 Å². The summed E-state index contributed by atoms with van der Waals surface area (Å²) >= 11 is 0. The van der Waals surface area contributed by atoms with Gasteiger partial charge in [0, 0.05) is 25.7 Å². The van der Waals surface area contributed by atoms with Crippen LogP contribution in [0.5, 0.6) is 5.75 Å². The van der Waals surface area contributed by atoms with Crippen LogP contribution in [0.4, 0.5) is 4.79 Å². The summed E-state index contributed by atoms with van der Waals surface area (Å²) in [7, 11) is 0. The summed E-state index contributed by atoms with van der Waals surface area (Å²) in [6.45, 7) is 9.02. The van der Waals surface area contributed by atoms with E-state index >= 15 is 0 Å². The number of nitriles is 1. The predicted molar refractivity (Wildman–Crippen MR) is 121 cm³/mol. The molecule has 1 heterocycles. The second kappa shape index (κ2) is 10.3. The highest BCUT2D eigenvalue weighted by Crippen LogP contribution is 2.23. The molecule has 0 radical (unpaired) electrons. The quantitative estimate of drug-likeness (QED) is 0.662. The van der Waals surface area contributed by atoms with Crippen molar-refractivity contribution in [3.63, 3.8) is 0 Å². The summed E-state index contributed by atoms with van der Waals surface area (Å²) in [6, 6.07) is 17.9. The molecule has 1 atom stereocenters. The van der Waals surface area contributed by atoms with Gasteiger partial charge in [-0.15, -0.1) is 0 Å². The number of benzene rings is 2. The molecular weight excluding hydrogens is 390 g/mol. The molecule has 6 heteroatoms. The average Bonchev–Trinajstić information content (AvgIpc) is 3.17. The largest absolute Gasteiger partial charge is 0.494 e. The SMILES string of the molecule is CC(C)(C)OC(=O)N[C@@H]1CCN(CCCOc2ccc(-c3ccc(C#N)cc3)cc2)C1. The van der Waals surface area contributed by atoms with Gasteiger partial charge in [0.2, 0.25) is 0 Å². The zero-order chi connectivity index (χ0) is 22.3. The van der Waals surface area contributed by atoms with Crippen LogP contribution in [-0.4, -0.2) is 48.9 Å². The van der Waals surface area contributed by atoms with Gasteiger partial charge in [0.15, 0.2) is 0 Å². The van der Waals surface area contributed by atoms with E-state index in [0.717, 1.165) is 49.4 Å². The van der Waals surface area contributed by atoms with Gasteiger partial charge < -0.3 is 19.7 Å².